The van der Waals surface area contributed by atoms with E-state index in [1.807, 2.05) is 0 Å². The first-order valence-corrected chi connectivity index (χ1v) is 6.56. The molecule has 6 nitrogen and oxygen atoms in total. The monoisotopic (exact) mass is 293 g/mol. The molecule has 1 aromatic rings. The molecule has 0 spiro atoms. The highest BCUT2D eigenvalue weighted by molar-refractivity contribution is 8.18. The van der Waals surface area contributed by atoms with Gasteiger partial charge < -0.3 is 10.2 Å². The van der Waals surface area contributed by atoms with Gasteiger partial charge in [0, 0.05) is 12.1 Å². The summed E-state index contributed by atoms with van der Waals surface area (Å²) in [6.45, 7) is -0.155. The predicted molar refractivity (Wildman–Crippen MR) is 73.0 cm³/mol. The molecule has 1 saturated heterocycles. The summed E-state index contributed by atoms with van der Waals surface area (Å²) in [7, 11) is 0. The Morgan fingerprint density at radius 3 is 2.65 bits per heavy atom. The van der Waals surface area contributed by atoms with Gasteiger partial charge in [-0.25, -0.2) is 0 Å². The van der Waals surface area contributed by atoms with Gasteiger partial charge in [-0.3, -0.25) is 19.3 Å². The molecule has 1 aliphatic rings. The zero-order valence-electron chi connectivity index (χ0n) is 10.3. The topological polar surface area (TPSA) is 94.9 Å². The first kappa shape index (κ1) is 14.1. The molecule has 2 rings (SSSR count). The number of thioether (sulfide) groups is 1. The van der Waals surface area contributed by atoms with Crippen LogP contribution >= 0.6 is 11.8 Å². The van der Waals surface area contributed by atoms with E-state index in [0.29, 0.717) is 5.56 Å². The SMILES string of the molecule is O=C(O)CCN1C(=O)S/C(=C\c2ccccc2O)C1=O. The van der Waals surface area contributed by atoms with Gasteiger partial charge in [0.25, 0.3) is 11.1 Å². The van der Waals surface area contributed by atoms with Crippen LogP contribution in [0.2, 0.25) is 0 Å². The fourth-order valence-electron chi connectivity index (χ4n) is 1.65. The van der Waals surface area contributed by atoms with E-state index in [-0.39, 0.29) is 23.6 Å². The maximum Gasteiger partial charge on any atom is 0.305 e. The lowest BCUT2D eigenvalue weighted by atomic mass is 10.2. The largest absolute Gasteiger partial charge is 0.507 e. The van der Waals surface area contributed by atoms with Crippen molar-refractivity contribution < 1.29 is 24.6 Å². The first-order valence-electron chi connectivity index (χ1n) is 5.74. The second kappa shape index (κ2) is 5.79. The molecule has 0 aromatic heterocycles. The Bertz CT molecular complexity index is 611. The number of carboxylic acids is 1. The summed E-state index contributed by atoms with van der Waals surface area (Å²) in [5.41, 5.74) is 0.427. The highest BCUT2D eigenvalue weighted by atomic mass is 32.2. The van der Waals surface area contributed by atoms with E-state index >= 15 is 0 Å². The van der Waals surface area contributed by atoms with Crippen molar-refractivity contribution in [2.24, 2.45) is 0 Å². The lowest BCUT2D eigenvalue weighted by molar-refractivity contribution is -0.137. The molecule has 1 aromatic carbocycles. The van der Waals surface area contributed by atoms with Crippen molar-refractivity contribution in [2.75, 3.05) is 6.54 Å². The van der Waals surface area contributed by atoms with Gasteiger partial charge in [-0.2, -0.15) is 0 Å². The Labute approximate surface area is 118 Å². The van der Waals surface area contributed by atoms with Gasteiger partial charge in [0.2, 0.25) is 0 Å². The number of rotatable bonds is 4. The number of benzene rings is 1. The van der Waals surface area contributed by atoms with E-state index in [1.54, 1.807) is 18.2 Å². The third-order valence-electron chi connectivity index (χ3n) is 2.65. The summed E-state index contributed by atoms with van der Waals surface area (Å²) in [6.07, 6.45) is 1.13. The molecule has 2 amide bonds. The Hall–Kier alpha value is -2.28. The number of imide groups is 1. The molecule has 1 heterocycles. The number of nitrogens with zero attached hydrogens (tertiary/aromatic N) is 1. The van der Waals surface area contributed by atoms with Crippen LogP contribution in [-0.4, -0.2) is 38.8 Å². The number of phenols is 1. The quantitative estimate of drug-likeness (QED) is 0.823. The summed E-state index contributed by atoms with van der Waals surface area (Å²) in [4.78, 5) is 35.2. The van der Waals surface area contributed by atoms with Crippen LogP contribution in [0.3, 0.4) is 0 Å². The molecule has 0 bridgehead atoms. The predicted octanol–water partition coefficient (Wildman–Crippen LogP) is 1.90. The van der Waals surface area contributed by atoms with Gasteiger partial charge in [0.1, 0.15) is 5.75 Å². The van der Waals surface area contributed by atoms with Gasteiger partial charge >= 0.3 is 5.97 Å². The number of carbonyl (C=O) groups excluding carboxylic acids is 2. The van der Waals surface area contributed by atoms with E-state index in [0.717, 1.165) is 16.7 Å². The van der Waals surface area contributed by atoms with Crippen molar-refractivity contribution in [3.8, 4) is 5.75 Å². The fourth-order valence-corrected chi connectivity index (χ4v) is 2.51. The second-order valence-corrected chi connectivity index (χ2v) is 5.03. The molecule has 0 aliphatic carbocycles. The van der Waals surface area contributed by atoms with Crippen molar-refractivity contribution in [1.82, 2.24) is 4.90 Å². The van der Waals surface area contributed by atoms with Gasteiger partial charge in [-0.1, -0.05) is 18.2 Å². The van der Waals surface area contributed by atoms with E-state index in [9.17, 15) is 19.5 Å². The molecular weight excluding hydrogens is 282 g/mol. The Morgan fingerprint density at radius 2 is 2.00 bits per heavy atom. The number of phenolic OH excluding ortho intramolecular Hbond substituents is 1. The minimum atomic E-state index is -1.08. The number of aliphatic carboxylic acids is 1. The van der Waals surface area contributed by atoms with Crippen LogP contribution in [0.25, 0.3) is 6.08 Å². The first-order chi connectivity index (χ1) is 9.49. The van der Waals surface area contributed by atoms with E-state index in [2.05, 4.69) is 0 Å². The third-order valence-corrected chi connectivity index (χ3v) is 3.55. The number of amides is 2. The van der Waals surface area contributed by atoms with E-state index < -0.39 is 17.1 Å². The normalized spacial score (nSPS) is 17.0. The van der Waals surface area contributed by atoms with Crippen LogP contribution in [0.5, 0.6) is 5.75 Å². The maximum absolute atomic E-state index is 12.0. The molecule has 7 heteroatoms. The minimum absolute atomic E-state index is 0.00448. The number of carboxylic acid groups (broad SMARTS) is 1. The lowest BCUT2D eigenvalue weighted by Gasteiger charge is -2.09. The van der Waals surface area contributed by atoms with Crippen molar-refractivity contribution >= 4 is 35.0 Å². The van der Waals surface area contributed by atoms with Crippen LogP contribution in [-0.2, 0) is 9.59 Å². The summed E-state index contributed by atoms with van der Waals surface area (Å²) in [5.74, 6) is -1.61. The number of aromatic hydroxyl groups is 1. The average molecular weight is 293 g/mol. The number of carbonyl (C=O) groups is 3. The molecule has 0 radical (unpaired) electrons. The van der Waals surface area contributed by atoms with Gasteiger partial charge in [0.05, 0.1) is 11.3 Å². The molecule has 1 fully saturated rings. The van der Waals surface area contributed by atoms with E-state index in [4.69, 9.17) is 5.11 Å². The number of hydrogen-bond donors (Lipinski definition) is 2. The summed E-state index contributed by atoms with van der Waals surface area (Å²) in [5, 5.41) is 17.7. The summed E-state index contributed by atoms with van der Waals surface area (Å²) < 4.78 is 0. The lowest BCUT2D eigenvalue weighted by Crippen LogP contribution is -2.30. The maximum atomic E-state index is 12.0. The standard InChI is InChI=1S/C13H11NO5S/c15-9-4-2-1-3-8(9)7-10-12(18)14(13(19)20-10)6-5-11(16)17/h1-4,7,15H,5-6H2,(H,16,17)/b10-7-. The molecule has 1 aliphatic heterocycles. The smallest absolute Gasteiger partial charge is 0.305 e. The summed E-state index contributed by atoms with van der Waals surface area (Å²) >= 11 is 0.731. The van der Waals surface area contributed by atoms with E-state index in [1.165, 1.54) is 12.1 Å². The molecule has 0 atom stereocenters. The summed E-state index contributed by atoms with van der Waals surface area (Å²) in [6, 6.07) is 6.42. The molecular formula is C13H11NO5S. The van der Waals surface area contributed by atoms with Crippen LogP contribution in [0.1, 0.15) is 12.0 Å². The van der Waals surface area contributed by atoms with Gasteiger partial charge in [-0.15, -0.1) is 0 Å². The van der Waals surface area contributed by atoms with Crippen LogP contribution < -0.4 is 0 Å². The average Bonchev–Trinajstić information content (AvgIpc) is 2.65. The second-order valence-electron chi connectivity index (χ2n) is 4.04. The number of hydrogen-bond acceptors (Lipinski definition) is 5. The van der Waals surface area contributed by atoms with Crippen LogP contribution in [0.15, 0.2) is 29.2 Å². The Balaban J connectivity index is 2.19. The number of para-hydroxylation sites is 1. The Kier molecular flexibility index (Phi) is 4.09. The van der Waals surface area contributed by atoms with Crippen molar-refractivity contribution in [3.63, 3.8) is 0 Å². The molecule has 0 unspecified atom stereocenters. The molecule has 0 saturated carbocycles. The molecule has 104 valence electrons. The third kappa shape index (κ3) is 3.00. The van der Waals surface area contributed by atoms with Crippen molar-refractivity contribution in [1.29, 1.82) is 0 Å². The highest BCUT2D eigenvalue weighted by Crippen LogP contribution is 2.33. The Morgan fingerprint density at radius 1 is 1.30 bits per heavy atom. The van der Waals surface area contributed by atoms with Gasteiger partial charge in [-0.05, 0) is 23.9 Å². The fraction of sp³-hybridized carbons (Fsp3) is 0.154. The zero-order valence-corrected chi connectivity index (χ0v) is 11.1. The van der Waals surface area contributed by atoms with Crippen molar-refractivity contribution in [2.45, 2.75) is 6.42 Å². The highest BCUT2D eigenvalue weighted by Gasteiger charge is 2.35. The molecule has 2 N–H and O–H groups in total. The van der Waals surface area contributed by atoms with Crippen molar-refractivity contribution in [3.05, 3.63) is 34.7 Å². The minimum Gasteiger partial charge on any atom is -0.507 e. The zero-order chi connectivity index (χ0) is 14.7. The van der Waals surface area contributed by atoms with Crippen LogP contribution in [0, 0.1) is 0 Å². The molecule has 20 heavy (non-hydrogen) atoms. The van der Waals surface area contributed by atoms with Crippen LogP contribution in [0.4, 0.5) is 4.79 Å². The van der Waals surface area contributed by atoms with Gasteiger partial charge in [0.15, 0.2) is 0 Å².